The van der Waals surface area contributed by atoms with Crippen molar-refractivity contribution in [3.63, 3.8) is 0 Å². The normalized spacial score (nSPS) is 14.5. The van der Waals surface area contributed by atoms with Crippen LogP contribution in [0.15, 0.2) is 36.5 Å². The lowest BCUT2D eigenvalue weighted by Crippen LogP contribution is -2.30. The zero-order chi connectivity index (χ0) is 24.8. The van der Waals surface area contributed by atoms with Gasteiger partial charge in [0.25, 0.3) is 0 Å². The summed E-state index contributed by atoms with van der Waals surface area (Å²) in [5, 5.41) is 14.0. The van der Waals surface area contributed by atoms with Gasteiger partial charge in [0.05, 0.1) is 32.1 Å². The van der Waals surface area contributed by atoms with Crippen LogP contribution in [0.3, 0.4) is 0 Å². The lowest BCUT2D eigenvalue weighted by Gasteiger charge is -2.28. The monoisotopic (exact) mass is 474 g/mol. The maximum atomic E-state index is 9.76. The standard InChI is InChI=1S/C28H34N4O3/c1-19-7-8-22(33-3)16-24(19)31-26-21(17-29)18-30-27-23(26)9-10-25(28(27)34-4)35-15-5-6-20-11-13-32(2)14-12-20/h7-10,16,18,20H,5-6,11-15H2,1-4H3,(H,30,31). The van der Waals surface area contributed by atoms with Crippen LogP contribution < -0.4 is 19.5 Å². The molecule has 0 amide bonds. The summed E-state index contributed by atoms with van der Waals surface area (Å²) in [4.78, 5) is 6.95. The molecule has 0 aliphatic carbocycles. The largest absolute Gasteiger partial charge is 0.497 e. The van der Waals surface area contributed by atoms with Gasteiger partial charge in [0.15, 0.2) is 11.5 Å². The molecular formula is C28H34N4O3. The van der Waals surface area contributed by atoms with Gasteiger partial charge < -0.3 is 24.4 Å². The molecule has 1 aromatic heterocycles. The highest BCUT2D eigenvalue weighted by Crippen LogP contribution is 2.40. The summed E-state index contributed by atoms with van der Waals surface area (Å²) in [7, 11) is 5.45. The fourth-order valence-electron chi connectivity index (χ4n) is 4.65. The fourth-order valence-corrected chi connectivity index (χ4v) is 4.65. The first kappa shape index (κ1) is 24.6. The van der Waals surface area contributed by atoms with Crippen LogP contribution in [0.1, 0.15) is 36.8 Å². The number of anilines is 2. The minimum Gasteiger partial charge on any atom is -0.497 e. The highest BCUT2D eigenvalue weighted by Gasteiger charge is 2.19. The summed E-state index contributed by atoms with van der Waals surface area (Å²) in [6.07, 6.45) is 6.30. The Morgan fingerprint density at radius 1 is 1.14 bits per heavy atom. The molecule has 7 nitrogen and oxygen atoms in total. The quantitative estimate of drug-likeness (QED) is 0.400. The molecule has 184 valence electrons. The van der Waals surface area contributed by atoms with E-state index in [-0.39, 0.29) is 0 Å². The Kier molecular flexibility index (Phi) is 7.94. The number of rotatable bonds is 9. The van der Waals surface area contributed by atoms with Crippen LogP contribution in [0.5, 0.6) is 17.2 Å². The van der Waals surface area contributed by atoms with Crippen LogP contribution in [0.4, 0.5) is 11.4 Å². The number of hydrogen-bond acceptors (Lipinski definition) is 7. The highest BCUT2D eigenvalue weighted by molar-refractivity contribution is 6.00. The number of nitrogens with zero attached hydrogens (tertiary/aromatic N) is 3. The van der Waals surface area contributed by atoms with Crippen LogP contribution in [0, 0.1) is 24.2 Å². The number of nitrogens with one attached hydrogen (secondary N) is 1. The molecule has 1 fully saturated rings. The summed E-state index contributed by atoms with van der Waals surface area (Å²) < 4.78 is 17.2. The molecule has 0 bridgehead atoms. The number of methoxy groups -OCH3 is 2. The minimum atomic E-state index is 0.452. The van der Waals surface area contributed by atoms with Gasteiger partial charge in [-0.3, -0.25) is 4.98 Å². The molecule has 3 aromatic rings. The van der Waals surface area contributed by atoms with Crippen molar-refractivity contribution in [1.82, 2.24) is 9.88 Å². The predicted octanol–water partition coefficient (Wildman–Crippen LogP) is 5.68. The average Bonchev–Trinajstić information content (AvgIpc) is 2.88. The fraction of sp³-hybridized carbons (Fsp3) is 0.429. The average molecular weight is 475 g/mol. The summed E-state index contributed by atoms with van der Waals surface area (Å²) in [5.74, 6) is 2.78. The molecule has 1 aliphatic heterocycles. The van der Waals surface area contributed by atoms with Gasteiger partial charge in [0, 0.05) is 23.3 Å². The summed E-state index contributed by atoms with van der Waals surface area (Å²) in [6, 6.07) is 11.9. The van der Waals surface area contributed by atoms with Crippen molar-refractivity contribution in [2.45, 2.75) is 32.6 Å². The molecule has 1 N–H and O–H groups in total. The van der Waals surface area contributed by atoms with E-state index in [1.165, 1.54) is 32.4 Å². The SMILES string of the molecule is COc1ccc(C)c(Nc2c(C#N)cnc3c(OC)c(OCCCC4CCN(C)CC4)ccc23)c1. The Hall–Kier alpha value is -3.50. The van der Waals surface area contributed by atoms with Crippen LogP contribution in [-0.4, -0.2) is 50.8 Å². The van der Waals surface area contributed by atoms with Crippen molar-refractivity contribution >= 4 is 22.3 Å². The van der Waals surface area contributed by atoms with Crippen LogP contribution in [0.25, 0.3) is 10.9 Å². The van der Waals surface area contributed by atoms with Crippen molar-refractivity contribution in [3.8, 4) is 23.3 Å². The number of aryl methyl sites for hydroxylation is 1. The second kappa shape index (κ2) is 11.3. The van der Waals surface area contributed by atoms with Gasteiger partial charge in [-0.2, -0.15) is 5.26 Å². The topological polar surface area (TPSA) is 79.6 Å². The Bertz CT molecular complexity index is 1210. The Labute approximate surface area is 207 Å². The van der Waals surface area contributed by atoms with Gasteiger partial charge in [0.2, 0.25) is 0 Å². The Balaban J connectivity index is 1.56. The molecule has 1 aliphatic rings. The van der Waals surface area contributed by atoms with E-state index in [0.717, 1.165) is 34.7 Å². The molecular weight excluding hydrogens is 440 g/mol. The van der Waals surface area contributed by atoms with Crippen molar-refractivity contribution < 1.29 is 14.2 Å². The number of ether oxygens (including phenoxy) is 3. The number of fused-ring (bicyclic) bond motifs is 1. The van der Waals surface area contributed by atoms with E-state index >= 15 is 0 Å². The molecule has 2 aromatic carbocycles. The maximum Gasteiger partial charge on any atom is 0.187 e. The predicted molar refractivity (Wildman–Crippen MR) is 139 cm³/mol. The molecule has 0 saturated carbocycles. The zero-order valence-electron chi connectivity index (χ0n) is 21.1. The van der Waals surface area contributed by atoms with Crippen LogP contribution in [0.2, 0.25) is 0 Å². The number of likely N-dealkylation sites (tertiary alicyclic amines) is 1. The Morgan fingerprint density at radius 2 is 1.94 bits per heavy atom. The summed E-state index contributed by atoms with van der Waals surface area (Å²) in [5.41, 5.74) is 3.69. The minimum absolute atomic E-state index is 0.452. The van der Waals surface area contributed by atoms with E-state index in [1.807, 2.05) is 37.3 Å². The van der Waals surface area contributed by atoms with Gasteiger partial charge in [-0.1, -0.05) is 6.07 Å². The van der Waals surface area contributed by atoms with Crippen LogP contribution >= 0.6 is 0 Å². The van der Waals surface area contributed by atoms with Crippen LogP contribution in [-0.2, 0) is 0 Å². The van der Waals surface area contributed by atoms with Gasteiger partial charge in [0.1, 0.15) is 17.3 Å². The number of benzene rings is 2. The van der Waals surface area contributed by atoms with E-state index in [2.05, 4.69) is 28.3 Å². The zero-order valence-corrected chi connectivity index (χ0v) is 21.1. The lowest BCUT2D eigenvalue weighted by molar-refractivity contribution is 0.199. The van der Waals surface area contributed by atoms with Crippen molar-refractivity contribution in [2.24, 2.45) is 5.92 Å². The first-order chi connectivity index (χ1) is 17.0. The number of nitriles is 1. The third-order valence-electron chi connectivity index (χ3n) is 6.84. The molecule has 0 atom stereocenters. The second-order valence-corrected chi connectivity index (χ2v) is 9.19. The third kappa shape index (κ3) is 5.60. The molecule has 4 rings (SSSR count). The smallest absolute Gasteiger partial charge is 0.187 e. The molecule has 35 heavy (non-hydrogen) atoms. The maximum absolute atomic E-state index is 9.76. The van der Waals surface area contributed by atoms with Gasteiger partial charge >= 0.3 is 0 Å². The van der Waals surface area contributed by atoms with Gasteiger partial charge in [-0.25, -0.2) is 0 Å². The van der Waals surface area contributed by atoms with E-state index < -0.39 is 0 Å². The molecule has 0 spiro atoms. The number of pyridine rings is 1. The molecule has 2 heterocycles. The number of aromatic nitrogens is 1. The van der Waals surface area contributed by atoms with Crippen molar-refractivity contribution in [3.05, 3.63) is 47.7 Å². The lowest BCUT2D eigenvalue weighted by atomic mass is 9.93. The Morgan fingerprint density at radius 3 is 2.66 bits per heavy atom. The molecule has 1 saturated heterocycles. The third-order valence-corrected chi connectivity index (χ3v) is 6.84. The van der Waals surface area contributed by atoms with E-state index in [0.29, 0.717) is 34.9 Å². The number of piperidine rings is 1. The first-order valence-corrected chi connectivity index (χ1v) is 12.2. The van der Waals surface area contributed by atoms with Crippen molar-refractivity contribution in [1.29, 1.82) is 5.26 Å². The second-order valence-electron chi connectivity index (χ2n) is 9.19. The van der Waals surface area contributed by atoms with E-state index in [4.69, 9.17) is 14.2 Å². The van der Waals surface area contributed by atoms with E-state index in [1.54, 1.807) is 20.4 Å². The van der Waals surface area contributed by atoms with Crippen molar-refractivity contribution in [2.75, 3.05) is 46.3 Å². The highest BCUT2D eigenvalue weighted by atomic mass is 16.5. The first-order valence-electron chi connectivity index (χ1n) is 12.2. The number of hydrogen-bond donors (Lipinski definition) is 1. The van der Waals surface area contributed by atoms with Gasteiger partial charge in [-0.15, -0.1) is 0 Å². The van der Waals surface area contributed by atoms with Gasteiger partial charge in [-0.05, 0) is 82.4 Å². The van der Waals surface area contributed by atoms with E-state index in [9.17, 15) is 5.26 Å². The summed E-state index contributed by atoms with van der Waals surface area (Å²) >= 11 is 0. The molecule has 0 radical (unpaired) electrons. The molecule has 0 unspecified atom stereocenters. The molecule has 7 heteroatoms. The summed E-state index contributed by atoms with van der Waals surface area (Å²) in [6.45, 7) is 5.02.